The second-order valence-corrected chi connectivity index (χ2v) is 19.4. The molecule has 18 heteroatoms. The fraction of sp³-hybridized carbons (Fsp3) is 0.929. The van der Waals surface area contributed by atoms with E-state index in [4.69, 9.17) is 37.9 Å². The summed E-state index contributed by atoms with van der Waals surface area (Å²) in [6, 6.07) is 0. The molecule has 60 heavy (non-hydrogen) atoms. The topological polar surface area (TPSA) is 273 Å². The number of aliphatic hydroxyl groups excluding tert-OH is 8. The van der Waals surface area contributed by atoms with Crippen molar-refractivity contribution in [3.8, 4) is 0 Å². The quantitative estimate of drug-likeness (QED) is 0.0918. The van der Waals surface area contributed by atoms with E-state index in [1.54, 1.807) is 13.0 Å². The zero-order valence-corrected chi connectivity index (χ0v) is 34.8. The molecular weight excluding hydrogens is 792 g/mol. The predicted octanol–water partition coefficient (Wildman–Crippen LogP) is -1.24. The van der Waals surface area contributed by atoms with Crippen LogP contribution in [0.1, 0.15) is 78.6 Å². The maximum Gasteiger partial charge on any atom is 0.331 e. The minimum atomic E-state index is -1.77. The molecule has 0 aromatic heterocycles. The van der Waals surface area contributed by atoms with Crippen molar-refractivity contribution in [2.75, 3.05) is 26.9 Å². The molecule has 3 saturated heterocycles. The first-order valence-electron chi connectivity index (χ1n) is 21.8. The third kappa shape index (κ3) is 7.50. The van der Waals surface area contributed by atoms with Crippen LogP contribution in [0.4, 0.5) is 0 Å². The summed E-state index contributed by atoms with van der Waals surface area (Å²) in [4.78, 5) is 12.0. The van der Waals surface area contributed by atoms with Gasteiger partial charge in [-0.25, -0.2) is 4.79 Å². The molecule has 0 bridgehead atoms. The summed E-state index contributed by atoms with van der Waals surface area (Å²) in [7, 11) is 1.39. The SMILES string of the molecule is CO[C@H]1[C@H](O)[C@H](O[C@H]2CC[C@@]3(C)[C@H](CC[C@H]4[C@@H]3CC[C@]3(C)[C@H](C5=CC(=O)OC5)CC[C@]43O)C2)O[C@@H](C)[C@@H]1O[C@@H]1O[C@H](CO[C@@H]2O[C@H](CO)[C@@H](O)[C@H](O)[C@H]2O)[C@@H](O)[C@H](O)[C@H]1O. The first-order chi connectivity index (χ1) is 28.4. The summed E-state index contributed by atoms with van der Waals surface area (Å²) in [6.45, 7) is 5.42. The number of fused-ring (bicyclic) bond motifs is 5. The van der Waals surface area contributed by atoms with E-state index >= 15 is 0 Å². The van der Waals surface area contributed by atoms with Gasteiger partial charge >= 0.3 is 5.97 Å². The Labute approximate surface area is 349 Å². The smallest absolute Gasteiger partial charge is 0.331 e. The summed E-state index contributed by atoms with van der Waals surface area (Å²) in [6.07, 6.45) is -11.9. The number of cyclic esters (lactones) is 1. The van der Waals surface area contributed by atoms with Gasteiger partial charge in [0, 0.05) is 18.6 Å². The van der Waals surface area contributed by atoms with Crippen LogP contribution in [0.5, 0.6) is 0 Å². The van der Waals surface area contributed by atoms with Gasteiger partial charge < -0.3 is 83.9 Å². The maximum absolute atomic E-state index is 12.6. The Morgan fingerprint density at radius 1 is 0.733 bits per heavy atom. The third-order valence-corrected chi connectivity index (χ3v) is 16.5. The Bertz CT molecular complexity index is 1570. The largest absolute Gasteiger partial charge is 0.458 e. The zero-order valence-electron chi connectivity index (χ0n) is 34.8. The molecule has 4 aliphatic heterocycles. The molecule has 9 N–H and O–H groups in total. The summed E-state index contributed by atoms with van der Waals surface area (Å²) in [5.74, 6) is 0.725. The number of aliphatic hydroxyl groups is 9. The van der Waals surface area contributed by atoms with E-state index < -0.39 is 111 Å². The van der Waals surface area contributed by atoms with Gasteiger partial charge in [-0.1, -0.05) is 13.8 Å². The molecule has 0 aromatic rings. The molecule has 8 rings (SSSR count). The van der Waals surface area contributed by atoms with Gasteiger partial charge in [0.05, 0.1) is 31.0 Å². The van der Waals surface area contributed by atoms with Gasteiger partial charge in [0.25, 0.3) is 0 Å². The van der Waals surface area contributed by atoms with Crippen molar-refractivity contribution in [1.82, 2.24) is 0 Å². The Kier molecular flexibility index (Phi) is 12.9. The van der Waals surface area contributed by atoms with Gasteiger partial charge in [-0.15, -0.1) is 0 Å². The van der Waals surface area contributed by atoms with Crippen molar-refractivity contribution in [2.45, 2.75) is 182 Å². The molecule has 7 fully saturated rings. The maximum atomic E-state index is 12.6. The average Bonchev–Trinajstić information content (AvgIpc) is 3.78. The van der Waals surface area contributed by atoms with E-state index in [0.717, 1.165) is 63.4 Å². The summed E-state index contributed by atoms with van der Waals surface area (Å²) in [5.41, 5.74) is -0.0850. The third-order valence-electron chi connectivity index (χ3n) is 16.5. The lowest BCUT2D eigenvalue weighted by Gasteiger charge is -2.64. The summed E-state index contributed by atoms with van der Waals surface area (Å²) < 4.78 is 46.6. The fourth-order valence-electron chi connectivity index (χ4n) is 13.0. The van der Waals surface area contributed by atoms with Crippen LogP contribution < -0.4 is 0 Å². The van der Waals surface area contributed by atoms with Crippen LogP contribution in [-0.4, -0.2) is 183 Å². The number of esters is 1. The van der Waals surface area contributed by atoms with Gasteiger partial charge in [-0.2, -0.15) is 0 Å². The highest BCUT2D eigenvalue weighted by atomic mass is 16.8. The molecule has 8 aliphatic rings. The summed E-state index contributed by atoms with van der Waals surface area (Å²) >= 11 is 0. The van der Waals surface area contributed by atoms with Crippen LogP contribution in [-0.2, 0) is 42.7 Å². The molecule has 18 nitrogen and oxygen atoms in total. The van der Waals surface area contributed by atoms with Crippen LogP contribution in [0.2, 0.25) is 0 Å². The van der Waals surface area contributed by atoms with Gasteiger partial charge in [-0.05, 0) is 99.4 Å². The molecule has 4 heterocycles. The van der Waals surface area contributed by atoms with E-state index in [1.165, 1.54) is 7.11 Å². The second kappa shape index (κ2) is 17.2. The standard InChI is InChI=1S/C42H66O18/c1-18-35(60-38-33(50)31(48)29(46)26(59-38)17-55-37-32(49)30(47)28(45)25(15-43)58-37)36(53-4)34(51)39(56-18)57-21-7-10-40(2)20(14-21)5-6-24-23(40)8-11-41(3)22(9-12-42(24,41)52)19-13-27(44)54-16-19/h13,18,20-26,28-39,43,45-52H,5-12,14-17H2,1-4H3/t18-,20+,21-,22-,23-,24-,25+,26+,28+,29+,30-,31-,32+,33+,34-,35-,36-,37+,38-,39-,40-,41+,42-/m0/s1. The van der Waals surface area contributed by atoms with Crippen LogP contribution in [0, 0.1) is 34.5 Å². The number of carbonyl (C=O) groups is 1. The number of carbonyl (C=O) groups excluding carboxylic acids is 1. The molecule has 4 saturated carbocycles. The normalized spacial score (nSPS) is 54.4. The molecule has 0 aromatic carbocycles. The van der Waals surface area contributed by atoms with Crippen molar-refractivity contribution in [3.63, 3.8) is 0 Å². The first-order valence-corrected chi connectivity index (χ1v) is 21.8. The van der Waals surface area contributed by atoms with E-state index in [9.17, 15) is 50.8 Å². The molecule has 0 unspecified atom stereocenters. The molecule has 23 atom stereocenters. The highest BCUT2D eigenvalue weighted by molar-refractivity contribution is 5.85. The minimum Gasteiger partial charge on any atom is -0.458 e. The van der Waals surface area contributed by atoms with E-state index in [-0.39, 0.29) is 34.7 Å². The number of hydrogen-bond acceptors (Lipinski definition) is 18. The van der Waals surface area contributed by atoms with Gasteiger partial charge in [-0.3, -0.25) is 0 Å². The Balaban J connectivity index is 0.875. The molecule has 0 spiro atoms. The Morgan fingerprint density at radius 2 is 1.42 bits per heavy atom. The van der Waals surface area contributed by atoms with Gasteiger partial charge in [0.1, 0.15) is 73.8 Å². The molecule has 0 radical (unpaired) electrons. The molecule has 342 valence electrons. The van der Waals surface area contributed by atoms with Gasteiger partial charge in [0.2, 0.25) is 0 Å². The van der Waals surface area contributed by atoms with E-state index in [1.807, 2.05) is 0 Å². The average molecular weight is 859 g/mol. The Morgan fingerprint density at radius 3 is 2.10 bits per heavy atom. The monoisotopic (exact) mass is 858 g/mol. The van der Waals surface area contributed by atoms with Crippen LogP contribution in [0.15, 0.2) is 11.6 Å². The fourth-order valence-corrected chi connectivity index (χ4v) is 13.0. The lowest BCUT2D eigenvalue weighted by Crippen LogP contribution is -2.65. The van der Waals surface area contributed by atoms with Crippen molar-refractivity contribution in [1.29, 1.82) is 0 Å². The number of hydrogen-bond donors (Lipinski definition) is 9. The molecule has 0 amide bonds. The first kappa shape index (κ1) is 45.1. The molecular formula is C42H66O18. The van der Waals surface area contributed by atoms with Gasteiger partial charge in [0.15, 0.2) is 18.9 Å². The lowest BCUT2D eigenvalue weighted by molar-refractivity contribution is -0.367. The van der Waals surface area contributed by atoms with Crippen molar-refractivity contribution < 1.29 is 88.6 Å². The van der Waals surface area contributed by atoms with E-state index in [0.29, 0.717) is 18.4 Å². The van der Waals surface area contributed by atoms with Crippen LogP contribution in [0.3, 0.4) is 0 Å². The van der Waals surface area contributed by atoms with E-state index in [2.05, 4.69) is 13.8 Å². The Hall–Kier alpha value is -1.43. The second-order valence-electron chi connectivity index (χ2n) is 19.4. The lowest BCUT2D eigenvalue weighted by atomic mass is 9.43. The number of methoxy groups -OCH3 is 1. The number of ether oxygens (including phenoxy) is 8. The predicted molar refractivity (Wildman–Crippen MR) is 203 cm³/mol. The minimum absolute atomic E-state index is 0.00760. The van der Waals surface area contributed by atoms with Crippen LogP contribution >= 0.6 is 0 Å². The summed E-state index contributed by atoms with van der Waals surface area (Å²) in [5, 5.41) is 96.6. The van der Waals surface area contributed by atoms with Crippen molar-refractivity contribution in [2.24, 2.45) is 34.5 Å². The van der Waals surface area contributed by atoms with Crippen LogP contribution in [0.25, 0.3) is 0 Å². The van der Waals surface area contributed by atoms with Crippen molar-refractivity contribution >= 4 is 5.97 Å². The number of rotatable bonds is 10. The highest BCUT2D eigenvalue weighted by Crippen LogP contribution is 2.70. The zero-order chi connectivity index (χ0) is 43.1. The highest BCUT2D eigenvalue weighted by Gasteiger charge is 2.68. The van der Waals surface area contributed by atoms with Crippen molar-refractivity contribution in [3.05, 3.63) is 11.6 Å². The molecule has 4 aliphatic carbocycles.